The largest absolute Gasteiger partial charge is 0.323 e. The van der Waals surface area contributed by atoms with Gasteiger partial charge in [-0.2, -0.15) is 0 Å². The summed E-state index contributed by atoms with van der Waals surface area (Å²) >= 11 is 0. The number of rotatable bonds is 6. The lowest BCUT2D eigenvalue weighted by atomic mass is 10.1. The molecule has 2 aromatic carbocycles. The Labute approximate surface area is 179 Å². The van der Waals surface area contributed by atoms with Crippen molar-refractivity contribution in [1.82, 2.24) is 4.90 Å². The van der Waals surface area contributed by atoms with Gasteiger partial charge in [-0.05, 0) is 49.7 Å². The molecule has 1 aliphatic rings. The molecule has 164 valence electrons. The lowest BCUT2D eigenvalue weighted by molar-refractivity contribution is -0.122. The van der Waals surface area contributed by atoms with Crippen LogP contribution in [-0.2, 0) is 19.6 Å². The molecule has 0 spiro atoms. The molecule has 1 aliphatic heterocycles. The molecule has 0 bridgehead atoms. The number of nitrogens with zero attached hydrogens (tertiary/aromatic N) is 2. The van der Waals surface area contributed by atoms with Gasteiger partial charge in [0, 0.05) is 6.04 Å². The van der Waals surface area contributed by atoms with Crippen molar-refractivity contribution < 1.29 is 27.2 Å². The van der Waals surface area contributed by atoms with Gasteiger partial charge in [-0.25, -0.2) is 22.8 Å². The number of primary sulfonamides is 1. The van der Waals surface area contributed by atoms with Crippen LogP contribution in [0.25, 0.3) is 0 Å². The molecule has 1 fully saturated rings. The Hall–Kier alpha value is -3.11. The highest BCUT2D eigenvalue weighted by Gasteiger charge is 2.46. The second-order valence-electron chi connectivity index (χ2n) is 7.28. The third-order valence-corrected chi connectivity index (χ3v) is 6.22. The minimum absolute atomic E-state index is 0.160. The minimum atomic E-state index is -3.93. The molecule has 3 amide bonds. The SMILES string of the molecule is CCC(C)N(C(=O)c1ccccc1F)C1CC(=O)N(c2ccc(S(N)(=O)=O)cc2)C1=O. The fourth-order valence-corrected chi connectivity index (χ4v) is 4.02. The standard InChI is InChI=1S/C21H22FN3O5S/c1-3-13(2)24(20(27)16-6-4-5-7-17(16)22)18-12-19(26)25(21(18)28)14-8-10-15(11-9-14)31(23,29)30/h4-11,13,18H,3,12H2,1-2H3,(H2,23,29,30). The van der Waals surface area contributed by atoms with Crippen LogP contribution in [0.4, 0.5) is 10.1 Å². The van der Waals surface area contributed by atoms with E-state index in [1.165, 1.54) is 47.4 Å². The summed E-state index contributed by atoms with van der Waals surface area (Å²) in [4.78, 5) is 40.9. The summed E-state index contributed by atoms with van der Waals surface area (Å²) in [5.74, 6) is -2.58. The lowest BCUT2D eigenvalue weighted by Gasteiger charge is -2.33. The van der Waals surface area contributed by atoms with E-state index in [0.29, 0.717) is 6.42 Å². The molecule has 2 N–H and O–H groups in total. The molecule has 2 aromatic rings. The molecular formula is C21H22FN3O5S. The van der Waals surface area contributed by atoms with Crippen LogP contribution in [-0.4, -0.2) is 43.1 Å². The minimum Gasteiger partial charge on any atom is -0.323 e. The van der Waals surface area contributed by atoms with Gasteiger partial charge >= 0.3 is 0 Å². The Kier molecular flexibility index (Phi) is 6.23. The molecule has 1 saturated heterocycles. The van der Waals surface area contributed by atoms with E-state index in [4.69, 9.17) is 5.14 Å². The number of carbonyl (C=O) groups is 3. The summed E-state index contributed by atoms with van der Waals surface area (Å²) in [6, 6.07) is 8.90. The molecule has 0 saturated carbocycles. The summed E-state index contributed by atoms with van der Waals surface area (Å²) in [7, 11) is -3.93. The quantitative estimate of drug-likeness (QED) is 0.680. The summed E-state index contributed by atoms with van der Waals surface area (Å²) in [6.45, 7) is 3.54. The van der Waals surface area contributed by atoms with Crippen molar-refractivity contribution in [3.63, 3.8) is 0 Å². The number of halogens is 1. The van der Waals surface area contributed by atoms with E-state index in [-0.39, 0.29) is 22.6 Å². The van der Waals surface area contributed by atoms with E-state index in [1.807, 2.05) is 6.92 Å². The molecule has 1 heterocycles. The van der Waals surface area contributed by atoms with E-state index in [9.17, 15) is 27.2 Å². The highest BCUT2D eigenvalue weighted by molar-refractivity contribution is 7.89. The van der Waals surface area contributed by atoms with Crippen molar-refractivity contribution in [3.05, 3.63) is 59.9 Å². The van der Waals surface area contributed by atoms with Crippen LogP contribution >= 0.6 is 0 Å². The maximum absolute atomic E-state index is 14.2. The number of hydrogen-bond acceptors (Lipinski definition) is 5. The molecule has 8 nitrogen and oxygen atoms in total. The molecule has 10 heteroatoms. The topological polar surface area (TPSA) is 118 Å². The molecule has 0 aromatic heterocycles. The van der Waals surface area contributed by atoms with Crippen molar-refractivity contribution in [3.8, 4) is 0 Å². The fourth-order valence-electron chi connectivity index (χ4n) is 3.51. The van der Waals surface area contributed by atoms with E-state index in [2.05, 4.69) is 0 Å². The van der Waals surface area contributed by atoms with Gasteiger partial charge in [-0.15, -0.1) is 0 Å². The maximum atomic E-state index is 14.2. The first-order chi connectivity index (χ1) is 14.6. The predicted molar refractivity (Wildman–Crippen MR) is 111 cm³/mol. The lowest BCUT2D eigenvalue weighted by Crippen LogP contribution is -2.50. The van der Waals surface area contributed by atoms with Gasteiger partial charge < -0.3 is 4.90 Å². The van der Waals surface area contributed by atoms with Gasteiger partial charge in [0.2, 0.25) is 15.9 Å². The summed E-state index contributed by atoms with van der Waals surface area (Å²) in [5, 5.41) is 5.08. The highest BCUT2D eigenvalue weighted by Crippen LogP contribution is 2.29. The molecule has 2 unspecified atom stereocenters. The fraction of sp³-hybridized carbons (Fsp3) is 0.286. The van der Waals surface area contributed by atoms with Crippen LogP contribution in [0, 0.1) is 5.82 Å². The van der Waals surface area contributed by atoms with Gasteiger partial charge in [0.05, 0.1) is 22.6 Å². The summed E-state index contributed by atoms with van der Waals surface area (Å²) in [5.41, 5.74) is -0.0219. The smallest absolute Gasteiger partial charge is 0.257 e. The number of hydrogen-bond donors (Lipinski definition) is 1. The zero-order chi connectivity index (χ0) is 22.9. The summed E-state index contributed by atoms with van der Waals surface area (Å²) < 4.78 is 37.1. The zero-order valence-corrected chi connectivity index (χ0v) is 17.8. The van der Waals surface area contributed by atoms with Crippen molar-refractivity contribution in [2.24, 2.45) is 5.14 Å². The van der Waals surface area contributed by atoms with E-state index >= 15 is 0 Å². The van der Waals surface area contributed by atoms with Gasteiger partial charge in [-0.1, -0.05) is 19.1 Å². The molecule has 2 atom stereocenters. The monoisotopic (exact) mass is 447 g/mol. The van der Waals surface area contributed by atoms with Crippen LogP contribution in [0.2, 0.25) is 0 Å². The van der Waals surface area contributed by atoms with E-state index in [0.717, 1.165) is 11.0 Å². The second-order valence-corrected chi connectivity index (χ2v) is 8.84. The number of anilines is 1. The van der Waals surface area contributed by atoms with E-state index in [1.54, 1.807) is 6.92 Å². The van der Waals surface area contributed by atoms with Crippen molar-refractivity contribution >= 4 is 33.4 Å². The Morgan fingerprint density at radius 3 is 2.35 bits per heavy atom. The summed E-state index contributed by atoms with van der Waals surface area (Å²) in [6.07, 6.45) is 0.224. The number of imide groups is 1. The Morgan fingerprint density at radius 2 is 1.81 bits per heavy atom. The van der Waals surface area contributed by atoms with Gasteiger partial charge in [0.15, 0.2) is 0 Å². The first-order valence-electron chi connectivity index (χ1n) is 9.63. The molecular weight excluding hydrogens is 425 g/mol. The molecule has 0 aliphatic carbocycles. The van der Waals surface area contributed by atoms with Gasteiger partial charge in [0.25, 0.3) is 11.8 Å². The van der Waals surface area contributed by atoms with Crippen LogP contribution in [0.15, 0.2) is 53.4 Å². The van der Waals surface area contributed by atoms with Crippen LogP contribution in [0.5, 0.6) is 0 Å². The van der Waals surface area contributed by atoms with E-state index < -0.39 is 45.6 Å². The Bertz CT molecular complexity index is 1130. The number of sulfonamides is 1. The van der Waals surface area contributed by atoms with Gasteiger partial charge in [0.1, 0.15) is 11.9 Å². The molecule has 3 rings (SSSR count). The zero-order valence-electron chi connectivity index (χ0n) is 17.0. The maximum Gasteiger partial charge on any atom is 0.257 e. The van der Waals surface area contributed by atoms with Crippen LogP contribution in [0.1, 0.15) is 37.0 Å². The number of benzene rings is 2. The van der Waals surface area contributed by atoms with Crippen molar-refractivity contribution in [2.45, 2.75) is 43.7 Å². The first-order valence-corrected chi connectivity index (χ1v) is 11.2. The Morgan fingerprint density at radius 1 is 1.19 bits per heavy atom. The third-order valence-electron chi connectivity index (χ3n) is 5.29. The second kappa shape index (κ2) is 8.56. The van der Waals surface area contributed by atoms with Crippen molar-refractivity contribution in [2.75, 3.05) is 4.90 Å². The number of nitrogens with two attached hydrogens (primary N) is 1. The molecule has 31 heavy (non-hydrogen) atoms. The molecule has 0 radical (unpaired) electrons. The predicted octanol–water partition coefficient (Wildman–Crippen LogP) is 2.05. The normalized spacial score (nSPS) is 17.7. The average Bonchev–Trinajstić information content (AvgIpc) is 3.01. The van der Waals surface area contributed by atoms with Crippen LogP contribution in [0.3, 0.4) is 0 Å². The highest BCUT2D eigenvalue weighted by atomic mass is 32.2. The Balaban J connectivity index is 1.96. The number of carbonyl (C=O) groups excluding carboxylic acids is 3. The van der Waals surface area contributed by atoms with Gasteiger partial charge in [-0.3, -0.25) is 14.4 Å². The number of amides is 3. The third kappa shape index (κ3) is 4.35. The van der Waals surface area contributed by atoms with Crippen LogP contribution < -0.4 is 10.0 Å². The first kappa shape index (κ1) is 22.6. The average molecular weight is 447 g/mol. The van der Waals surface area contributed by atoms with Crippen molar-refractivity contribution in [1.29, 1.82) is 0 Å².